The molecule has 1 saturated carbocycles. The molecule has 3 N–H and O–H groups in total. The van der Waals surface area contributed by atoms with Gasteiger partial charge in [0.2, 0.25) is 0 Å². The summed E-state index contributed by atoms with van der Waals surface area (Å²) in [6, 6.07) is 3.61. The number of hydrogen-bond donors (Lipinski definition) is 3. The Morgan fingerprint density at radius 2 is 2.00 bits per heavy atom. The summed E-state index contributed by atoms with van der Waals surface area (Å²) in [6.07, 6.45) is 2.61. The van der Waals surface area contributed by atoms with Crippen LogP contribution in [0.2, 0.25) is 0 Å². The van der Waals surface area contributed by atoms with E-state index in [-0.39, 0.29) is 18.0 Å². The normalized spacial score (nSPS) is 24.4. The van der Waals surface area contributed by atoms with E-state index in [1.54, 1.807) is 13.0 Å². The predicted octanol–water partition coefficient (Wildman–Crippen LogP) is 2.15. The number of rotatable bonds is 4. The van der Waals surface area contributed by atoms with Crippen molar-refractivity contribution in [1.82, 2.24) is 5.32 Å². The van der Waals surface area contributed by atoms with Crippen LogP contribution in [-0.4, -0.2) is 28.3 Å². The first-order chi connectivity index (χ1) is 9.47. The summed E-state index contributed by atoms with van der Waals surface area (Å²) < 4.78 is 13.3. The maximum Gasteiger partial charge on any atom is 0.325 e. The van der Waals surface area contributed by atoms with Gasteiger partial charge >= 0.3 is 5.97 Å². The zero-order valence-electron chi connectivity index (χ0n) is 11.5. The molecule has 0 aromatic heterocycles. The third kappa shape index (κ3) is 3.55. The molecule has 1 fully saturated rings. The summed E-state index contributed by atoms with van der Waals surface area (Å²) in [6.45, 7) is 1.62. The van der Waals surface area contributed by atoms with E-state index in [2.05, 4.69) is 5.32 Å². The van der Waals surface area contributed by atoms with Crippen LogP contribution in [0.3, 0.4) is 0 Å². The molecule has 2 rings (SSSR count). The summed E-state index contributed by atoms with van der Waals surface area (Å²) in [4.78, 5) is 11.4. The van der Waals surface area contributed by atoms with Crippen molar-refractivity contribution in [3.05, 3.63) is 35.1 Å². The molecular weight excluding hydrogens is 261 g/mol. The molecule has 0 radical (unpaired) electrons. The quantitative estimate of drug-likeness (QED) is 0.791. The Balaban J connectivity index is 2.10. The van der Waals surface area contributed by atoms with Crippen molar-refractivity contribution in [2.45, 2.75) is 50.8 Å². The fourth-order valence-electron chi connectivity index (χ4n) is 2.64. The van der Waals surface area contributed by atoms with Gasteiger partial charge in [-0.25, -0.2) is 4.39 Å². The molecule has 0 bridgehead atoms. The Morgan fingerprint density at radius 3 is 2.55 bits per heavy atom. The molecule has 4 nitrogen and oxygen atoms in total. The fraction of sp³-hybridized carbons (Fsp3) is 0.533. The molecule has 0 spiro atoms. The van der Waals surface area contributed by atoms with Gasteiger partial charge in [0.1, 0.15) is 11.9 Å². The molecule has 20 heavy (non-hydrogen) atoms. The highest BCUT2D eigenvalue weighted by Crippen LogP contribution is 2.23. The molecule has 1 aromatic carbocycles. The lowest BCUT2D eigenvalue weighted by molar-refractivity contribution is -0.140. The summed E-state index contributed by atoms with van der Waals surface area (Å²) >= 11 is 0. The van der Waals surface area contributed by atoms with E-state index in [9.17, 15) is 19.4 Å². The molecule has 1 atom stereocenters. The van der Waals surface area contributed by atoms with Crippen molar-refractivity contribution in [1.29, 1.82) is 0 Å². The minimum atomic E-state index is -0.970. The molecule has 1 aliphatic carbocycles. The first-order valence-electron chi connectivity index (χ1n) is 6.90. The molecule has 0 saturated heterocycles. The minimum absolute atomic E-state index is 0.0739. The predicted molar refractivity (Wildman–Crippen MR) is 72.9 cm³/mol. The highest BCUT2D eigenvalue weighted by molar-refractivity contribution is 5.75. The van der Waals surface area contributed by atoms with Crippen LogP contribution in [-0.2, 0) is 4.79 Å². The van der Waals surface area contributed by atoms with E-state index in [0.29, 0.717) is 24.0 Å². The Kier molecular flexibility index (Phi) is 4.73. The Bertz CT molecular complexity index is 484. The standard InChI is InChI=1S/C15H20FNO3/c1-9-8-10(2-7-13(9)16)14(15(19)20)17-11-3-5-12(18)6-4-11/h2,7-8,11-12,14,17-18H,3-6H2,1H3,(H,19,20). The third-order valence-corrected chi connectivity index (χ3v) is 3.86. The van der Waals surface area contributed by atoms with Crippen molar-refractivity contribution >= 4 is 5.97 Å². The number of nitrogens with one attached hydrogen (secondary N) is 1. The van der Waals surface area contributed by atoms with Gasteiger partial charge in [0, 0.05) is 6.04 Å². The van der Waals surface area contributed by atoms with E-state index >= 15 is 0 Å². The first kappa shape index (κ1) is 14.9. The number of aliphatic hydroxyl groups is 1. The molecule has 0 heterocycles. The topological polar surface area (TPSA) is 69.6 Å². The maximum atomic E-state index is 13.3. The number of aliphatic hydroxyl groups excluding tert-OH is 1. The molecular formula is C15H20FNO3. The lowest BCUT2D eigenvalue weighted by Crippen LogP contribution is -2.40. The lowest BCUT2D eigenvalue weighted by Gasteiger charge is -2.29. The highest BCUT2D eigenvalue weighted by atomic mass is 19.1. The lowest BCUT2D eigenvalue weighted by atomic mass is 9.92. The van der Waals surface area contributed by atoms with Crippen LogP contribution < -0.4 is 5.32 Å². The Hall–Kier alpha value is -1.46. The first-order valence-corrected chi connectivity index (χ1v) is 6.90. The third-order valence-electron chi connectivity index (χ3n) is 3.86. The van der Waals surface area contributed by atoms with Crippen molar-refractivity contribution in [2.75, 3.05) is 0 Å². The van der Waals surface area contributed by atoms with Crippen molar-refractivity contribution in [2.24, 2.45) is 0 Å². The zero-order valence-corrected chi connectivity index (χ0v) is 11.5. The SMILES string of the molecule is Cc1cc(C(NC2CCC(O)CC2)C(=O)O)ccc1F. The maximum absolute atomic E-state index is 13.3. The van der Waals surface area contributed by atoms with Crippen LogP contribution in [0.4, 0.5) is 4.39 Å². The van der Waals surface area contributed by atoms with Gasteiger partial charge in [-0.1, -0.05) is 12.1 Å². The van der Waals surface area contributed by atoms with E-state index < -0.39 is 12.0 Å². The van der Waals surface area contributed by atoms with Gasteiger partial charge in [0.25, 0.3) is 0 Å². The minimum Gasteiger partial charge on any atom is -0.480 e. The van der Waals surface area contributed by atoms with Crippen LogP contribution >= 0.6 is 0 Å². The summed E-state index contributed by atoms with van der Waals surface area (Å²) in [5.74, 6) is -1.30. The van der Waals surface area contributed by atoms with Crippen molar-refractivity contribution in [3.8, 4) is 0 Å². The van der Waals surface area contributed by atoms with Crippen LogP contribution in [0.25, 0.3) is 0 Å². The number of aryl methyl sites for hydroxylation is 1. The molecule has 5 heteroatoms. The van der Waals surface area contributed by atoms with E-state index in [1.807, 2.05) is 0 Å². The summed E-state index contributed by atoms with van der Waals surface area (Å²) in [5.41, 5.74) is 0.997. The zero-order chi connectivity index (χ0) is 14.7. The molecule has 0 amide bonds. The molecule has 1 aromatic rings. The second kappa shape index (κ2) is 6.33. The van der Waals surface area contributed by atoms with Crippen LogP contribution in [0.15, 0.2) is 18.2 Å². The number of hydrogen-bond acceptors (Lipinski definition) is 3. The van der Waals surface area contributed by atoms with Gasteiger partial charge in [-0.15, -0.1) is 0 Å². The molecule has 1 unspecified atom stereocenters. The van der Waals surface area contributed by atoms with E-state index in [1.165, 1.54) is 12.1 Å². The van der Waals surface area contributed by atoms with E-state index in [4.69, 9.17) is 0 Å². The average Bonchev–Trinajstić information content (AvgIpc) is 2.41. The summed E-state index contributed by atoms with van der Waals surface area (Å²) in [7, 11) is 0. The molecule has 1 aliphatic rings. The van der Waals surface area contributed by atoms with Gasteiger partial charge in [-0.2, -0.15) is 0 Å². The largest absolute Gasteiger partial charge is 0.480 e. The number of halogens is 1. The number of carbonyl (C=O) groups is 1. The molecule has 110 valence electrons. The Morgan fingerprint density at radius 1 is 1.35 bits per heavy atom. The average molecular weight is 281 g/mol. The van der Waals surface area contributed by atoms with Gasteiger partial charge in [-0.05, 0) is 49.8 Å². The second-order valence-corrected chi connectivity index (χ2v) is 5.45. The molecule has 0 aliphatic heterocycles. The fourth-order valence-corrected chi connectivity index (χ4v) is 2.64. The van der Waals surface area contributed by atoms with Gasteiger partial charge in [-0.3, -0.25) is 10.1 Å². The van der Waals surface area contributed by atoms with E-state index in [0.717, 1.165) is 12.8 Å². The van der Waals surface area contributed by atoms with Crippen LogP contribution in [0, 0.1) is 12.7 Å². The number of aliphatic carboxylic acids is 1. The smallest absolute Gasteiger partial charge is 0.325 e. The van der Waals surface area contributed by atoms with Crippen LogP contribution in [0.1, 0.15) is 42.9 Å². The summed E-state index contributed by atoms with van der Waals surface area (Å²) in [5, 5.41) is 21.9. The van der Waals surface area contributed by atoms with Crippen molar-refractivity contribution in [3.63, 3.8) is 0 Å². The monoisotopic (exact) mass is 281 g/mol. The number of benzene rings is 1. The van der Waals surface area contributed by atoms with Gasteiger partial charge in [0.05, 0.1) is 6.10 Å². The van der Waals surface area contributed by atoms with Crippen molar-refractivity contribution < 1.29 is 19.4 Å². The second-order valence-electron chi connectivity index (χ2n) is 5.45. The number of carboxylic acid groups (broad SMARTS) is 1. The highest BCUT2D eigenvalue weighted by Gasteiger charge is 2.26. The van der Waals surface area contributed by atoms with Crippen LogP contribution in [0.5, 0.6) is 0 Å². The van der Waals surface area contributed by atoms with Gasteiger partial charge in [0.15, 0.2) is 0 Å². The van der Waals surface area contributed by atoms with Gasteiger partial charge < -0.3 is 10.2 Å². The Labute approximate surface area is 117 Å². The number of carboxylic acids is 1.